The molecule has 94 valence electrons. The molecular weight excluding hydrogens is 206 g/mol. The summed E-state index contributed by atoms with van der Waals surface area (Å²) in [5, 5.41) is 0. The highest BCUT2D eigenvalue weighted by Gasteiger charge is 2.27. The molecule has 0 spiro atoms. The largest absolute Gasteiger partial charge is 0.466 e. The second kappa shape index (κ2) is 6.86. The van der Waals surface area contributed by atoms with Gasteiger partial charge in [0.05, 0.1) is 18.6 Å². The zero-order valence-electron chi connectivity index (χ0n) is 10.6. The second-order valence-corrected chi connectivity index (χ2v) is 4.40. The van der Waals surface area contributed by atoms with Crippen LogP contribution in [0.5, 0.6) is 0 Å². The maximum absolute atomic E-state index is 11.6. The molecule has 1 saturated heterocycles. The standard InChI is InChI=1S/C12H23NO3/c1-4-16-12(14)11-6-5-7-13(9-11)8-10(2)15-3/h10-11H,4-9H2,1-3H3. The fraction of sp³-hybridized carbons (Fsp3) is 0.917. The van der Waals surface area contributed by atoms with Crippen LogP contribution < -0.4 is 0 Å². The third-order valence-corrected chi connectivity index (χ3v) is 3.04. The van der Waals surface area contributed by atoms with E-state index >= 15 is 0 Å². The van der Waals surface area contributed by atoms with Crippen molar-refractivity contribution in [2.45, 2.75) is 32.8 Å². The van der Waals surface area contributed by atoms with Gasteiger partial charge in [-0.25, -0.2) is 0 Å². The van der Waals surface area contributed by atoms with Gasteiger partial charge in [-0.1, -0.05) is 0 Å². The summed E-state index contributed by atoms with van der Waals surface area (Å²) in [6.45, 7) is 7.14. The predicted molar refractivity (Wildman–Crippen MR) is 62.3 cm³/mol. The van der Waals surface area contributed by atoms with E-state index in [-0.39, 0.29) is 18.0 Å². The molecule has 1 rings (SSSR count). The number of nitrogens with zero attached hydrogens (tertiary/aromatic N) is 1. The highest BCUT2D eigenvalue weighted by Crippen LogP contribution is 2.18. The zero-order chi connectivity index (χ0) is 12.0. The molecule has 1 aliphatic rings. The number of piperidine rings is 1. The molecular formula is C12H23NO3. The van der Waals surface area contributed by atoms with Crippen LogP contribution in [0.15, 0.2) is 0 Å². The van der Waals surface area contributed by atoms with Crippen LogP contribution in [0.25, 0.3) is 0 Å². The summed E-state index contributed by atoms with van der Waals surface area (Å²) < 4.78 is 10.3. The van der Waals surface area contributed by atoms with Crippen molar-refractivity contribution in [3.63, 3.8) is 0 Å². The lowest BCUT2D eigenvalue weighted by molar-refractivity contribution is -0.150. The molecule has 0 aromatic carbocycles. The van der Waals surface area contributed by atoms with E-state index in [1.807, 2.05) is 13.8 Å². The Balaban J connectivity index is 2.37. The molecule has 16 heavy (non-hydrogen) atoms. The van der Waals surface area contributed by atoms with Gasteiger partial charge in [0, 0.05) is 20.2 Å². The molecule has 0 N–H and O–H groups in total. The smallest absolute Gasteiger partial charge is 0.310 e. The Morgan fingerprint density at radius 3 is 2.94 bits per heavy atom. The van der Waals surface area contributed by atoms with Crippen LogP contribution in [0.2, 0.25) is 0 Å². The van der Waals surface area contributed by atoms with Crippen molar-refractivity contribution in [1.29, 1.82) is 0 Å². The van der Waals surface area contributed by atoms with E-state index in [1.165, 1.54) is 0 Å². The number of carbonyl (C=O) groups is 1. The molecule has 0 aromatic heterocycles. The Hall–Kier alpha value is -0.610. The van der Waals surface area contributed by atoms with E-state index in [9.17, 15) is 4.79 Å². The fourth-order valence-electron chi connectivity index (χ4n) is 2.11. The van der Waals surface area contributed by atoms with Crippen molar-refractivity contribution in [2.75, 3.05) is 33.4 Å². The Labute approximate surface area is 97.9 Å². The first-order valence-corrected chi connectivity index (χ1v) is 6.09. The third kappa shape index (κ3) is 4.10. The minimum atomic E-state index is -0.0442. The lowest BCUT2D eigenvalue weighted by Gasteiger charge is -2.32. The first-order valence-electron chi connectivity index (χ1n) is 6.09. The van der Waals surface area contributed by atoms with Gasteiger partial charge in [-0.15, -0.1) is 0 Å². The number of esters is 1. The summed E-state index contributed by atoms with van der Waals surface area (Å²) in [6.07, 6.45) is 2.25. The van der Waals surface area contributed by atoms with Crippen LogP contribution in [0.4, 0.5) is 0 Å². The number of hydrogen-bond donors (Lipinski definition) is 0. The van der Waals surface area contributed by atoms with E-state index in [0.29, 0.717) is 6.61 Å². The highest BCUT2D eigenvalue weighted by atomic mass is 16.5. The summed E-state index contributed by atoms with van der Waals surface area (Å²) in [5.41, 5.74) is 0. The van der Waals surface area contributed by atoms with Crippen molar-refractivity contribution in [3.05, 3.63) is 0 Å². The minimum absolute atomic E-state index is 0.0442. The molecule has 0 aromatic rings. The van der Waals surface area contributed by atoms with E-state index in [4.69, 9.17) is 9.47 Å². The van der Waals surface area contributed by atoms with Crippen molar-refractivity contribution >= 4 is 5.97 Å². The van der Waals surface area contributed by atoms with Crippen LogP contribution in [0.1, 0.15) is 26.7 Å². The molecule has 0 bridgehead atoms. The molecule has 0 saturated carbocycles. The van der Waals surface area contributed by atoms with Gasteiger partial charge in [0.2, 0.25) is 0 Å². The van der Waals surface area contributed by atoms with Gasteiger partial charge in [0.1, 0.15) is 0 Å². The highest BCUT2D eigenvalue weighted by molar-refractivity contribution is 5.72. The second-order valence-electron chi connectivity index (χ2n) is 4.40. The van der Waals surface area contributed by atoms with Crippen LogP contribution in [-0.4, -0.2) is 50.3 Å². The molecule has 0 aliphatic carbocycles. The number of ether oxygens (including phenoxy) is 2. The molecule has 0 amide bonds. The van der Waals surface area contributed by atoms with E-state index < -0.39 is 0 Å². The first-order chi connectivity index (χ1) is 7.67. The van der Waals surface area contributed by atoms with Crippen LogP contribution >= 0.6 is 0 Å². The maximum Gasteiger partial charge on any atom is 0.310 e. The summed E-state index contributed by atoms with van der Waals surface area (Å²) in [6, 6.07) is 0. The van der Waals surface area contributed by atoms with Gasteiger partial charge in [-0.05, 0) is 33.2 Å². The van der Waals surface area contributed by atoms with Gasteiger partial charge >= 0.3 is 5.97 Å². The van der Waals surface area contributed by atoms with Gasteiger partial charge in [0.15, 0.2) is 0 Å². The molecule has 2 atom stereocenters. The fourth-order valence-corrected chi connectivity index (χ4v) is 2.11. The molecule has 1 fully saturated rings. The van der Waals surface area contributed by atoms with Gasteiger partial charge in [-0.3, -0.25) is 9.69 Å². The first kappa shape index (κ1) is 13.5. The average Bonchev–Trinajstić information content (AvgIpc) is 2.29. The number of likely N-dealkylation sites (tertiary alicyclic amines) is 1. The Bertz CT molecular complexity index is 220. The van der Waals surface area contributed by atoms with Gasteiger partial charge < -0.3 is 9.47 Å². The average molecular weight is 229 g/mol. The van der Waals surface area contributed by atoms with Crippen LogP contribution in [0, 0.1) is 5.92 Å². The normalized spacial score (nSPS) is 24.1. The van der Waals surface area contributed by atoms with Gasteiger partial charge in [-0.2, -0.15) is 0 Å². The van der Waals surface area contributed by atoms with Crippen molar-refractivity contribution in [2.24, 2.45) is 5.92 Å². The zero-order valence-corrected chi connectivity index (χ0v) is 10.6. The van der Waals surface area contributed by atoms with Gasteiger partial charge in [0.25, 0.3) is 0 Å². The van der Waals surface area contributed by atoms with E-state index in [0.717, 1.165) is 32.5 Å². The molecule has 4 heteroatoms. The summed E-state index contributed by atoms with van der Waals surface area (Å²) in [5.74, 6) is 0.00928. The maximum atomic E-state index is 11.6. The molecule has 1 aliphatic heterocycles. The minimum Gasteiger partial charge on any atom is -0.466 e. The Morgan fingerprint density at radius 2 is 2.31 bits per heavy atom. The topological polar surface area (TPSA) is 38.8 Å². The number of carbonyl (C=O) groups excluding carboxylic acids is 1. The lowest BCUT2D eigenvalue weighted by Crippen LogP contribution is -2.42. The predicted octanol–water partition coefficient (Wildman–Crippen LogP) is 1.30. The number of hydrogen-bond acceptors (Lipinski definition) is 4. The summed E-state index contributed by atoms with van der Waals surface area (Å²) in [4.78, 5) is 13.9. The lowest BCUT2D eigenvalue weighted by atomic mass is 9.98. The number of rotatable bonds is 5. The Kier molecular flexibility index (Phi) is 5.77. The summed E-state index contributed by atoms with van der Waals surface area (Å²) >= 11 is 0. The number of methoxy groups -OCH3 is 1. The molecule has 0 radical (unpaired) electrons. The van der Waals surface area contributed by atoms with E-state index in [1.54, 1.807) is 7.11 Å². The monoisotopic (exact) mass is 229 g/mol. The SMILES string of the molecule is CCOC(=O)C1CCCN(CC(C)OC)C1. The van der Waals surface area contributed by atoms with Crippen molar-refractivity contribution in [3.8, 4) is 0 Å². The molecule has 4 nitrogen and oxygen atoms in total. The van der Waals surface area contributed by atoms with Crippen molar-refractivity contribution < 1.29 is 14.3 Å². The third-order valence-electron chi connectivity index (χ3n) is 3.04. The summed E-state index contributed by atoms with van der Waals surface area (Å²) in [7, 11) is 1.72. The van der Waals surface area contributed by atoms with Crippen molar-refractivity contribution in [1.82, 2.24) is 4.90 Å². The van der Waals surface area contributed by atoms with Crippen LogP contribution in [-0.2, 0) is 14.3 Å². The Morgan fingerprint density at radius 1 is 1.56 bits per heavy atom. The molecule has 2 unspecified atom stereocenters. The quantitative estimate of drug-likeness (QED) is 0.666. The molecule has 1 heterocycles. The van der Waals surface area contributed by atoms with E-state index in [2.05, 4.69) is 4.90 Å². The van der Waals surface area contributed by atoms with Crippen LogP contribution in [0.3, 0.4) is 0 Å².